The molecule has 6 heteroatoms. The van der Waals surface area contributed by atoms with Gasteiger partial charge in [-0.3, -0.25) is 9.63 Å². The average Bonchev–Trinajstić information content (AvgIpc) is 3.13. The van der Waals surface area contributed by atoms with Gasteiger partial charge in [0.25, 0.3) is 0 Å². The van der Waals surface area contributed by atoms with Crippen LogP contribution in [0.5, 0.6) is 11.5 Å². The highest BCUT2D eigenvalue weighted by molar-refractivity contribution is 5.83. The Bertz CT molecular complexity index is 777. The van der Waals surface area contributed by atoms with Crippen LogP contribution in [-0.2, 0) is 16.2 Å². The molecule has 148 valence electrons. The minimum Gasteiger partial charge on any atom is -0.497 e. The summed E-state index contributed by atoms with van der Waals surface area (Å²) < 4.78 is 10.5. The molecule has 1 heterocycles. The fourth-order valence-electron chi connectivity index (χ4n) is 3.05. The fourth-order valence-corrected chi connectivity index (χ4v) is 3.05. The Labute approximate surface area is 165 Å². The number of carbonyl (C=O) groups is 1. The second kappa shape index (κ2) is 9.39. The molecule has 28 heavy (non-hydrogen) atoms. The van der Waals surface area contributed by atoms with Crippen LogP contribution in [-0.4, -0.2) is 44.4 Å². The van der Waals surface area contributed by atoms with E-state index in [1.807, 2.05) is 12.1 Å². The Morgan fingerprint density at radius 1 is 1.11 bits per heavy atom. The number of nitrogens with zero attached hydrogens (tertiary/aromatic N) is 1. The molecule has 1 fully saturated rings. The molecule has 6 nitrogen and oxygen atoms in total. The van der Waals surface area contributed by atoms with Crippen LogP contribution in [0, 0.1) is 0 Å². The highest BCUT2D eigenvalue weighted by Crippen LogP contribution is 2.29. The Kier molecular flexibility index (Phi) is 6.68. The highest BCUT2D eigenvalue weighted by atomic mass is 16.7. The third-order valence-electron chi connectivity index (χ3n) is 4.69. The number of rotatable bonds is 8. The molecule has 0 spiro atoms. The van der Waals surface area contributed by atoms with E-state index in [1.165, 1.54) is 11.1 Å². The molecule has 0 bridgehead atoms. The predicted molar refractivity (Wildman–Crippen MR) is 108 cm³/mol. The Balaban J connectivity index is 0.000000311. The molecule has 1 aliphatic heterocycles. The zero-order valence-electron chi connectivity index (χ0n) is 16.3. The quantitative estimate of drug-likeness (QED) is 0.479. The minimum atomic E-state index is -0.294. The maximum atomic E-state index is 11.9. The lowest BCUT2D eigenvalue weighted by molar-refractivity contribution is -0.186. The summed E-state index contributed by atoms with van der Waals surface area (Å²) in [7, 11) is 3.21. The molecular formula is C22H26N2O4. The number of hydroxylamine groups is 2. The first-order valence-electron chi connectivity index (χ1n) is 9.25. The van der Waals surface area contributed by atoms with Crippen molar-refractivity contribution in [3.8, 4) is 22.6 Å². The van der Waals surface area contributed by atoms with Gasteiger partial charge in [-0.2, -0.15) is 5.06 Å². The van der Waals surface area contributed by atoms with Crippen LogP contribution in [0.15, 0.2) is 55.1 Å². The predicted octanol–water partition coefficient (Wildman–Crippen LogP) is 3.18. The molecule has 0 saturated carbocycles. The molecule has 1 aromatic rings. The van der Waals surface area contributed by atoms with Gasteiger partial charge in [-0.15, -0.1) is 6.58 Å². The molecular weight excluding hydrogens is 356 g/mol. The van der Waals surface area contributed by atoms with Crippen LogP contribution < -0.4 is 14.8 Å². The zero-order valence-corrected chi connectivity index (χ0v) is 16.3. The van der Waals surface area contributed by atoms with E-state index in [2.05, 4.69) is 36.2 Å². The second-order valence-corrected chi connectivity index (χ2v) is 6.55. The number of carbonyl (C=O) groups excluding carboxylic acids is 1. The van der Waals surface area contributed by atoms with E-state index in [0.29, 0.717) is 31.2 Å². The lowest BCUT2D eigenvalue weighted by Gasteiger charge is -2.26. The fraction of sp³-hybridized carbons (Fsp3) is 0.318. The van der Waals surface area contributed by atoms with Crippen molar-refractivity contribution in [2.75, 3.05) is 27.4 Å². The van der Waals surface area contributed by atoms with E-state index in [4.69, 9.17) is 14.3 Å². The van der Waals surface area contributed by atoms with Crippen molar-refractivity contribution < 1.29 is 19.1 Å². The summed E-state index contributed by atoms with van der Waals surface area (Å²) in [6.45, 7) is 5.12. The van der Waals surface area contributed by atoms with Crippen molar-refractivity contribution >= 4 is 5.91 Å². The minimum absolute atomic E-state index is 0.0149. The normalized spacial score (nSPS) is 16.1. The van der Waals surface area contributed by atoms with Crippen LogP contribution in [0.2, 0.25) is 0 Å². The summed E-state index contributed by atoms with van der Waals surface area (Å²) in [5, 5.41) is 4.51. The lowest BCUT2D eigenvalue weighted by Crippen LogP contribution is -2.40. The van der Waals surface area contributed by atoms with Gasteiger partial charge in [0, 0.05) is 12.6 Å². The molecule has 0 aromatic heterocycles. The number of hydrogen-bond donors (Lipinski definition) is 1. The number of amides is 1. The Morgan fingerprint density at radius 2 is 1.71 bits per heavy atom. The third-order valence-corrected chi connectivity index (χ3v) is 4.69. The van der Waals surface area contributed by atoms with E-state index in [0.717, 1.165) is 12.0 Å². The van der Waals surface area contributed by atoms with Gasteiger partial charge >= 0.3 is 0 Å². The van der Waals surface area contributed by atoms with Gasteiger partial charge in [-0.05, 0) is 35.2 Å². The van der Waals surface area contributed by atoms with Gasteiger partial charge in [0.05, 0.1) is 27.4 Å². The maximum absolute atomic E-state index is 11.9. The summed E-state index contributed by atoms with van der Waals surface area (Å²) in [4.78, 5) is 17.6. The number of ether oxygens (including phenoxy) is 2. The van der Waals surface area contributed by atoms with Gasteiger partial charge in [0.1, 0.15) is 17.5 Å². The van der Waals surface area contributed by atoms with E-state index in [-0.39, 0.29) is 11.9 Å². The third kappa shape index (κ3) is 4.71. The average molecular weight is 382 g/mol. The summed E-state index contributed by atoms with van der Waals surface area (Å²) in [6.07, 6.45) is 2.38. The van der Waals surface area contributed by atoms with E-state index < -0.39 is 0 Å². The second-order valence-electron chi connectivity index (χ2n) is 6.55. The topological polar surface area (TPSA) is 60.0 Å². The van der Waals surface area contributed by atoms with Crippen LogP contribution >= 0.6 is 0 Å². The van der Waals surface area contributed by atoms with Crippen molar-refractivity contribution in [1.82, 2.24) is 10.4 Å². The molecule has 4 rings (SSSR count). The van der Waals surface area contributed by atoms with Crippen molar-refractivity contribution in [2.45, 2.75) is 19.0 Å². The standard InChI is InChI=1S/C16H22N2O4.C6H4/c1-4-7-22-18(15-5-6-17-16(15)19)11-12-8-13(20-2)10-14(9-12)21-3;1-2-6-4-3-5(1)6/h4,8-10,15H,1,5-7,11H2,2-3H3,(H,17,19);1-4H. The first-order valence-corrected chi connectivity index (χ1v) is 9.25. The molecule has 1 saturated heterocycles. The van der Waals surface area contributed by atoms with Gasteiger partial charge in [0.15, 0.2) is 0 Å². The van der Waals surface area contributed by atoms with Crippen LogP contribution in [0.4, 0.5) is 0 Å². The van der Waals surface area contributed by atoms with Gasteiger partial charge in [0.2, 0.25) is 5.91 Å². The molecule has 0 radical (unpaired) electrons. The first-order chi connectivity index (χ1) is 13.6. The molecule has 1 aromatic carbocycles. The summed E-state index contributed by atoms with van der Waals surface area (Å²) in [5.74, 6) is 1.39. The number of benzene rings is 2. The summed E-state index contributed by atoms with van der Waals surface area (Å²) >= 11 is 0. The van der Waals surface area contributed by atoms with Gasteiger partial charge in [-0.25, -0.2) is 0 Å². The summed E-state index contributed by atoms with van der Waals surface area (Å²) in [6, 6.07) is 13.8. The van der Waals surface area contributed by atoms with Crippen molar-refractivity contribution in [2.24, 2.45) is 0 Å². The highest BCUT2D eigenvalue weighted by Gasteiger charge is 2.31. The van der Waals surface area contributed by atoms with Crippen molar-refractivity contribution in [3.05, 3.63) is 60.7 Å². The molecule has 1 atom stereocenters. The molecule has 1 unspecified atom stereocenters. The molecule has 3 aliphatic rings. The summed E-state index contributed by atoms with van der Waals surface area (Å²) in [5.41, 5.74) is 3.80. The SMILES string of the molecule is C=CCON(Cc1cc(OC)cc(OC)c1)C1CCNC1=O.c1cc2ccc1-2. The van der Waals surface area contributed by atoms with E-state index in [1.54, 1.807) is 31.4 Å². The molecule has 1 N–H and O–H groups in total. The first kappa shape index (κ1) is 19.9. The number of nitrogens with one attached hydrogen (secondary N) is 1. The number of methoxy groups -OCH3 is 2. The molecule has 2 aliphatic carbocycles. The number of fused-ring (bicyclic) bond motifs is 1. The smallest absolute Gasteiger partial charge is 0.239 e. The van der Waals surface area contributed by atoms with Gasteiger partial charge < -0.3 is 14.8 Å². The Hall–Kier alpha value is -2.83. The van der Waals surface area contributed by atoms with E-state index >= 15 is 0 Å². The van der Waals surface area contributed by atoms with Gasteiger partial charge in [-0.1, -0.05) is 30.3 Å². The Morgan fingerprint density at radius 3 is 2.11 bits per heavy atom. The zero-order chi connectivity index (χ0) is 19.9. The van der Waals surface area contributed by atoms with Crippen molar-refractivity contribution in [1.29, 1.82) is 0 Å². The largest absolute Gasteiger partial charge is 0.497 e. The van der Waals surface area contributed by atoms with Crippen LogP contribution in [0.3, 0.4) is 0 Å². The maximum Gasteiger partial charge on any atom is 0.239 e. The van der Waals surface area contributed by atoms with Crippen LogP contribution in [0.1, 0.15) is 12.0 Å². The number of hydrogen-bond acceptors (Lipinski definition) is 5. The molecule has 1 amide bonds. The lowest BCUT2D eigenvalue weighted by atomic mass is 9.95. The van der Waals surface area contributed by atoms with Crippen molar-refractivity contribution in [3.63, 3.8) is 0 Å². The monoisotopic (exact) mass is 382 g/mol. The van der Waals surface area contributed by atoms with E-state index in [9.17, 15) is 4.79 Å². The van der Waals surface area contributed by atoms with Crippen LogP contribution in [0.25, 0.3) is 11.1 Å².